The van der Waals surface area contributed by atoms with Crippen molar-refractivity contribution in [1.82, 2.24) is 0 Å². The molecule has 20 heavy (non-hydrogen) atoms. The van der Waals surface area contributed by atoms with Gasteiger partial charge >= 0.3 is 59.1 Å². The van der Waals surface area contributed by atoms with Gasteiger partial charge in [0.05, 0.1) is 17.4 Å². The van der Waals surface area contributed by atoms with E-state index in [0.29, 0.717) is 25.7 Å². The first-order valence-corrected chi connectivity index (χ1v) is 6.94. The molecular weight excluding hydrogens is 278 g/mol. The van der Waals surface area contributed by atoms with E-state index in [-0.39, 0.29) is 65.0 Å². The third-order valence-corrected chi connectivity index (χ3v) is 4.55. The first-order valence-electron chi connectivity index (χ1n) is 6.94. The van der Waals surface area contributed by atoms with Crippen LogP contribution >= 0.6 is 0 Å². The van der Waals surface area contributed by atoms with Gasteiger partial charge in [-0.05, 0) is 24.7 Å². The van der Waals surface area contributed by atoms with Crippen molar-refractivity contribution in [3.8, 4) is 0 Å². The second-order valence-electron chi connectivity index (χ2n) is 5.29. The largest absolute Gasteiger partial charge is 1.00 e. The van der Waals surface area contributed by atoms with Crippen molar-refractivity contribution in [2.24, 2.45) is 17.3 Å². The smallest absolute Gasteiger partial charge is 0.549 e. The number of aliphatic carboxylic acids is 2. The van der Waals surface area contributed by atoms with Gasteiger partial charge in [0.25, 0.3) is 0 Å². The molecule has 0 bridgehead atoms. The first kappa shape index (κ1) is 23.2. The first-order chi connectivity index (χ1) is 8.51. The van der Waals surface area contributed by atoms with Crippen molar-refractivity contribution < 1.29 is 78.9 Å². The van der Waals surface area contributed by atoms with Crippen LogP contribution in [0, 0.1) is 17.3 Å². The minimum Gasteiger partial charge on any atom is -0.549 e. The number of carboxylic acids is 2. The molecule has 1 saturated carbocycles. The van der Waals surface area contributed by atoms with E-state index in [4.69, 9.17) is 0 Å². The van der Waals surface area contributed by atoms with Crippen molar-refractivity contribution in [2.45, 2.75) is 58.8 Å². The molecule has 0 aromatic rings. The SMILES string of the molecule is CCC(CC)C(C(=O)[O-])(C(=O)[O-])C1CCCCC1.[Na+].[Na+]. The summed E-state index contributed by atoms with van der Waals surface area (Å²) in [7, 11) is 0. The Morgan fingerprint density at radius 2 is 1.40 bits per heavy atom. The second-order valence-corrected chi connectivity index (χ2v) is 5.29. The van der Waals surface area contributed by atoms with Gasteiger partial charge in [-0.15, -0.1) is 0 Å². The van der Waals surface area contributed by atoms with Gasteiger partial charge in [0.15, 0.2) is 0 Å². The fraction of sp³-hybridized carbons (Fsp3) is 0.857. The van der Waals surface area contributed by atoms with Crippen molar-refractivity contribution in [2.75, 3.05) is 0 Å². The van der Waals surface area contributed by atoms with Gasteiger partial charge in [0.2, 0.25) is 0 Å². The number of hydrogen-bond donors (Lipinski definition) is 0. The maximum atomic E-state index is 11.6. The number of carbonyl (C=O) groups excluding carboxylic acids is 2. The molecule has 0 aromatic carbocycles. The van der Waals surface area contributed by atoms with Crippen molar-refractivity contribution in [3.63, 3.8) is 0 Å². The van der Waals surface area contributed by atoms with Crippen LogP contribution in [-0.2, 0) is 9.59 Å². The second kappa shape index (κ2) is 10.6. The van der Waals surface area contributed by atoms with Gasteiger partial charge in [-0.2, -0.15) is 0 Å². The van der Waals surface area contributed by atoms with E-state index in [0.717, 1.165) is 19.3 Å². The summed E-state index contributed by atoms with van der Waals surface area (Å²) >= 11 is 0. The molecule has 1 aliphatic carbocycles. The molecule has 0 saturated heterocycles. The topological polar surface area (TPSA) is 80.3 Å². The van der Waals surface area contributed by atoms with Crippen LogP contribution in [0.2, 0.25) is 0 Å². The molecule has 0 heterocycles. The number of rotatable bonds is 6. The van der Waals surface area contributed by atoms with Gasteiger partial charge < -0.3 is 19.8 Å². The molecule has 0 aromatic heterocycles. The molecule has 1 fully saturated rings. The molecule has 0 N–H and O–H groups in total. The summed E-state index contributed by atoms with van der Waals surface area (Å²) in [5.41, 5.74) is -1.80. The summed E-state index contributed by atoms with van der Waals surface area (Å²) in [6, 6.07) is 0. The maximum Gasteiger partial charge on any atom is 1.00 e. The molecular formula is C14H22Na2O4. The Kier molecular flexibility index (Phi) is 12.3. The Bertz CT molecular complexity index is 296. The fourth-order valence-electron chi connectivity index (χ4n) is 3.57. The van der Waals surface area contributed by atoms with Crippen molar-refractivity contribution in [1.29, 1.82) is 0 Å². The summed E-state index contributed by atoms with van der Waals surface area (Å²) in [4.78, 5) is 23.2. The Morgan fingerprint density at radius 1 is 1.00 bits per heavy atom. The summed E-state index contributed by atoms with van der Waals surface area (Å²) < 4.78 is 0. The molecule has 1 aliphatic rings. The van der Waals surface area contributed by atoms with E-state index >= 15 is 0 Å². The van der Waals surface area contributed by atoms with E-state index in [9.17, 15) is 19.8 Å². The number of hydrogen-bond acceptors (Lipinski definition) is 4. The average Bonchev–Trinajstić information content (AvgIpc) is 2.35. The van der Waals surface area contributed by atoms with Gasteiger partial charge in [0.1, 0.15) is 0 Å². The van der Waals surface area contributed by atoms with Gasteiger partial charge in [-0.3, -0.25) is 0 Å². The Labute approximate surface area is 165 Å². The standard InChI is InChI=1S/C14H24O4.2Na/c1-3-10(4-2)14(12(15)16,13(17)18)11-8-6-5-7-9-11;;/h10-11H,3-9H2,1-2H3,(H,15,16)(H,17,18);;/q;2*+1/p-2. The third-order valence-electron chi connectivity index (χ3n) is 4.55. The maximum absolute atomic E-state index is 11.6. The third kappa shape index (κ3) is 4.47. The minimum atomic E-state index is -1.80. The van der Waals surface area contributed by atoms with Crippen LogP contribution in [0.25, 0.3) is 0 Å². The van der Waals surface area contributed by atoms with E-state index in [1.165, 1.54) is 0 Å². The molecule has 1 rings (SSSR count). The summed E-state index contributed by atoms with van der Waals surface area (Å²) in [6.07, 6.45) is 5.19. The van der Waals surface area contributed by atoms with Crippen LogP contribution in [0.5, 0.6) is 0 Å². The molecule has 0 aliphatic heterocycles. The van der Waals surface area contributed by atoms with Gasteiger partial charge in [-0.25, -0.2) is 0 Å². The zero-order valence-electron chi connectivity index (χ0n) is 13.2. The zero-order chi connectivity index (χ0) is 13.8. The molecule has 0 atom stereocenters. The molecule has 0 radical (unpaired) electrons. The van der Waals surface area contributed by atoms with E-state index in [1.54, 1.807) is 0 Å². The predicted octanol–water partition coefficient (Wildman–Crippen LogP) is -5.50. The summed E-state index contributed by atoms with van der Waals surface area (Å²) in [5, 5.41) is 23.2. The predicted molar refractivity (Wildman–Crippen MR) is 63.1 cm³/mol. The van der Waals surface area contributed by atoms with Crippen LogP contribution in [0.1, 0.15) is 58.8 Å². The molecule has 0 spiro atoms. The molecule has 6 heteroatoms. The van der Waals surface area contributed by atoms with E-state index in [2.05, 4.69) is 0 Å². The van der Waals surface area contributed by atoms with Gasteiger partial charge in [-0.1, -0.05) is 46.0 Å². The number of carbonyl (C=O) groups is 2. The number of carboxylic acid groups (broad SMARTS) is 2. The van der Waals surface area contributed by atoms with Crippen LogP contribution in [0.15, 0.2) is 0 Å². The Hall–Kier alpha value is 0.940. The zero-order valence-corrected chi connectivity index (χ0v) is 17.2. The molecule has 0 amide bonds. The molecule has 0 unspecified atom stereocenters. The summed E-state index contributed by atoms with van der Waals surface area (Å²) in [5.74, 6) is -3.66. The quantitative estimate of drug-likeness (QED) is 0.362. The summed E-state index contributed by atoms with van der Waals surface area (Å²) in [6.45, 7) is 3.66. The molecule has 104 valence electrons. The van der Waals surface area contributed by atoms with Crippen LogP contribution in [-0.4, -0.2) is 11.9 Å². The molecule has 4 nitrogen and oxygen atoms in total. The average molecular weight is 300 g/mol. The normalized spacial score (nSPS) is 16.1. The minimum absolute atomic E-state index is 0. The van der Waals surface area contributed by atoms with E-state index < -0.39 is 23.3 Å². The van der Waals surface area contributed by atoms with Crippen LogP contribution < -0.4 is 69.3 Å². The Balaban J connectivity index is 0. The van der Waals surface area contributed by atoms with Crippen molar-refractivity contribution >= 4 is 11.9 Å². The van der Waals surface area contributed by atoms with Crippen molar-refractivity contribution in [3.05, 3.63) is 0 Å². The Morgan fingerprint density at radius 3 is 1.70 bits per heavy atom. The monoisotopic (exact) mass is 300 g/mol. The van der Waals surface area contributed by atoms with E-state index in [1.807, 2.05) is 13.8 Å². The van der Waals surface area contributed by atoms with Crippen LogP contribution in [0.4, 0.5) is 0 Å². The van der Waals surface area contributed by atoms with Crippen LogP contribution in [0.3, 0.4) is 0 Å². The van der Waals surface area contributed by atoms with Gasteiger partial charge in [0, 0.05) is 0 Å². The fourth-order valence-corrected chi connectivity index (χ4v) is 3.57.